The minimum Gasteiger partial charge on any atom is -0.436 e. The largest absolute Gasteiger partial charge is 0.436 e. The van der Waals surface area contributed by atoms with E-state index in [1.54, 1.807) is 6.20 Å². The van der Waals surface area contributed by atoms with Gasteiger partial charge in [-0.15, -0.1) is 0 Å². The summed E-state index contributed by atoms with van der Waals surface area (Å²) in [5.74, 6) is 0. The molecule has 0 saturated carbocycles. The molecule has 0 fully saturated rings. The van der Waals surface area contributed by atoms with Gasteiger partial charge in [0, 0.05) is 10.6 Å². The molecular weight excluding hydrogens is 416 g/mol. The summed E-state index contributed by atoms with van der Waals surface area (Å²) in [7, 11) is 0. The van der Waals surface area contributed by atoms with Crippen LogP contribution in [0.3, 0.4) is 0 Å². The zero-order valence-corrected chi connectivity index (χ0v) is 17.6. The molecule has 7 rings (SSSR count). The first-order valence-corrected chi connectivity index (χ1v) is 10.8. The zero-order valence-electron chi connectivity index (χ0n) is 16.8. The van der Waals surface area contributed by atoms with Gasteiger partial charge < -0.3 is 4.42 Å². The summed E-state index contributed by atoms with van der Waals surface area (Å²) in [5.41, 5.74) is 3.79. The molecule has 32 heavy (non-hydrogen) atoms. The summed E-state index contributed by atoms with van der Waals surface area (Å²) < 4.78 is 6.06. The van der Waals surface area contributed by atoms with Gasteiger partial charge in [0.1, 0.15) is 11.1 Å². The van der Waals surface area contributed by atoms with Crippen molar-refractivity contribution in [3.05, 3.63) is 96.1 Å². The molecule has 0 aliphatic carbocycles. The molecule has 0 unspecified atom stereocenters. The molecule has 4 heteroatoms. The van der Waals surface area contributed by atoms with Gasteiger partial charge in [0.15, 0.2) is 0 Å². The third-order valence-electron chi connectivity index (χ3n) is 6.19. The van der Waals surface area contributed by atoms with Crippen molar-refractivity contribution >= 4 is 66.1 Å². The Morgan fingerprint density at radius 3 is 2.41 bits per heavy atom. The maximum atomic E-state index is 6.20. The fraction of sp³-hybridized carbons (Fsp3) is 0. The van der Waals surface area contributed by atoms with Crippen LogP contribution in [0.25, 0.3) is 65.8 Å². The van der Waals surface area contributed by atoms with Crippen molar-refractivity contribution in [3.63, 3.8) is 0 Å². The van der Waals surface area contributed by atoms with Crippen LogP contribution in [-0.4, -0.2) is 9.97 Å². The number of fused-ring (bicyclic) bond motifs is 9. The average molecular weight is 431 g/mol. The van der Waals surface area contributed by atoms with Gasteiger partial charge >= 0.3 is 0 Å². The minimum atomic E-state index is 0.539. The van der Waals surface area contributed by atoms with Crippen molar-refractivity contribution in [1.29, 1.82) is 0 Å². The number of hydrogen-bond donors (Lipinski definition) is 0. The maximum absolute atomic E-state index is 6.20. The van der Waals surface area contributed by atoms with Crippen molar-refractivity contribution in [3.8, 4) is 11.3 Å². The van der Waals surface area contributed by atoms with Crippen molar-refractivity contribution in [2.24, 2.45) is 0 Å². The summed E-state index contributed by atoms with van der Waals surface area (Å²) in [5, 5.41) is 8.91. The molecular formula is C28H15ClN2O. The molecule has 0 atom stereocenters. The number of aromatic nitrogens is 2. The maximum Gasteiger partial charge on any atom is 0.246 e. The topological polar surface area (TPSA) is 38.9 Å². The lowest BCUT2D eigenvalue weighted by atomic mass is 9.95. The van der Waals surface area contributed by atoms with E-state index in [1.807, 2.05) is 30.3 Å². The molecule has 150 valence electrons. The number of nitrogens with zero attached hydrogens (tertiary/aromatic N) is 2. The van der Waals surface area contributed by atoms with Crippen molar-refractivity contribution in [2.75, 3.05) is 0 Å². The van der Waals surface area contributed by atoms with Gasteiger partial charge in [-0.1, -0.05) is 78.3 Å². The zero-order chi connectivity index (χ0) is 21.2. The normalized spacial score (nSPS) is 11.9. The van der Waals surface area contributed by atoms with Crippen LogP contribution in [0.15, 0.2) is 95.5 Å². The first-order chi connectivity index (χ1) is 15.8. The van der Waals surface area contributed by atoms with E-state index in [1.165, 1.54) is 26.9 Å². The van der Waals surface area contributed by atoms with E-state index >= 15 is 0 Å². The molecule has 0 N–H and O–H groups in total. The molecule has 3 nitrogen and oxygen atoms in total. The highest BCUT2D eigenvalue weighted by Crippen LogP contribution is 2.38. The van der Waals surface area contributed by atoms with Gasteiger partial charge in [-0.05, 0) is 50.5 Å². The lowest BCUT2D eigenvalue weighted by molar-refractivity contribution is 0.653. The number of furan rings is 1. The van der Waals surface area contributed by atoms with E-state index in [2.05, 4.69) is 59.6 Å². The van der Waals surface area contributed by atoms with E-state index in [4.69, 9.17) is 21.0 Å². The Hall–Kier alpha value is -3.95. The molecule has 0 aliphatic rings. The predicted octanol–water partition coefficient (Wildman–Crippen LogP) is 8.16. The molecule has 0 bridgehead atoms. The highest BCUT2D eigenvalue weighted by Gasteiger charge is 2.16. The summed E-state index contributed by atoms with van der Waals surface area (Å²) >= 11 is 6.20. The third-order valence-corrected chi connectivity index (χ3v) is 6.42. The van der Waals surface area contributed by atoms with Gasteiger partial charge in [0.25, 0.3) is 0 Å². The number of rotatable bonds is 1. The molecule has 0 amide bonds. The van der Waals surface area contributed by atoms with Crippen LogP contribution >= 0.6 is 11.6 Å². The quantitative estimate of drug-likeness (QED) is 0.246. The SMILES string of the molecule is Clc1cccc(-c2cnc3oc4ccc5c6ccc7ccccc7c6ccc5c4c3n2)c1. The Morgan fingerprint density at radius 1 is 0.688 bits per heavy atom. The Labute approximate surface area is 187 Å². The number of benzene rings is 5. The monoisotopic (exact) mass is 430 g/mol. The van der Waals surface area contributed by atoms with E-state index in [0.29, 0.717) is 10.7 Å². The van der Waals surface area contributed by atoms with E-state index in [9.17, 15) is 0 Å². The van der Waals surface area contributed by atoms with Gasteiger partial charge in [0.2, 0.25) is 5.71 Å². The summed E-state index contributed by atoms with van der Waals surface area (Å²) in [6.07, 6.45) is 1.74. The second kappa shape index (κ2) is 6.52. The Bertz CT molecular complexity index is 1850. The predicted molar refractivity (Wildman–Crippen MR) is 132 cm³/mol. The second-order valence-corrected chi connectivity index (χ2v) is 8.44. The number of halogens is 1. The van der Waals surface area contributed by atoms with E-state index < -0.39 is 0 Å². The van der Waals surface area contributed by atoms with Crippen LogP contribution in [0.4, 0.5) is 0 Å². The van der Waals surface area contributed by atoms with Crippen LogP contribution in [0, 0.1) is 0 Å². The van der Waals surface area contributed by atoms with Gasteiger partial charge in [-0.3, -0.25) is 0 Å². The average Bonchev–Trinajstić information content (AvgIpc) is 3.22. The first kappa shape index (κ1) is 17.7. The minimum absolute atomic E-state index is 0.539. The molecule has 2 aromatic heterocycles. The first-order valence-electron chi connectivity index (χ1n) is 10.4. The molecule has 7 aromatic rings. The third kappa shape index (κ3) is 2.49. The number of hydrogen-bond acceptors (Lipinski definition) is 3. The summed E-state index contributed by atoms with van der Waals surface area (Å²) in [6, 6.07) is 29.1. The summed E-state index contributed by atoms with van der Waals surface area (Å²) in [4.78, 5) is 9.50. The Kier molecular flexibility index (Phi) is 3.61. The Balaban J connectivity index is 1.58. The summed E-state index contributed by atoms with van der Waals surface area (Å²) in [6.45, 7) is 0. The highest BCUT2D eigenvalue weighted by atomic mass is 35.5. The Morgan fingerprint density at radius 2 is 1.47 bits per heavy atom. The highest BCUT2D eigenvalue weighted by molar-refractivity contribution is 6.31. The van der Waals surface area contributed by atoms with Crippen LogP contribution in [0.2, 0.25) is 5.02 Å². The lowest BCUT2D eigenvalue weighted by Gasteiger charge is -2.08. The fourth-order valence-corrected chi connectivity index (χ4v) is 4.91. The molecule has 0 aliphatic heterocycles. The van der Waals surface area contributed by atoms with E-state index in [-0.39, 0.29) is 0 Å². The standard InChI is InChI=1S/C28H15ClN2O/c29-18-6-3-5-17(14-18)24-15-30-28-27(31-24)26-23-11-10-20-19-7-2-1-4-16(19)8-9-21(20)22(23)12-13-25(26)32-28/h1-15H. The fourth-order valence-electron chi connectivity index (χ4n) is 4.72. The van der Waals surface area contributed by atoms with E-state index in [0.717, 1.165) is 33.1 Å². The van der Waals surface area contributed by atoms with Gasteiger partial charge in [-0.25, -0.2) is 9.97 Å². The van der Waals surface area contributed by atoms with Crippen LogP contribution in [0.1, 0.15) is 0 Å². The van der Waals surface area contributed by atoms with Gasteiger partial charge in [0.05, 0.1) is 17.3 Å². The van der Waals surface area contributed by atoms with Crippen LogP contribution in [-0.2, 0) is 0 Å². The van der Waals surface area contributed by atoms with Crippen molar-refractivity contribution in [1.82, 2.24) is 9.97 Å². The van der Waals surface area contributed by atoms with Crippen LogP contribution < -0.4 is 0 Å². The van der Waals surface area contributed by atoms with Crippen molar-refractivity contribution in [2.45, 2.75) is 0 Å². The molecule has 5 aromatic carbocycles. The van der Waals surface area contributed by atoms with Crippen LogP contribution in [0.5, 0.6) is 0 Å². The molecule has 0 saturated heterocycles. The molecule has 2 heterocycles. The molecule has 0 radical (unpaired) electrons. The van der Waals surface area contributed by atoms with Crippen molar-refractivity contribution < 1.29 is 4.42 Å². The van der Waals surface area contributed by atoms with Gasteiger partial charge in [-0.2, -0.15) is 0 Å². The smallest absolute Gasteiger partial charge is 0.246 e. The lowest BCUT2D eigenvalue weighted by Crippen LogP contribution is -1.87. The molecule has 0 spiro atoms. The second-order valence-electron chi connectivity index (χ2n) is 8.00.